The minimum Gasteiger partial charge on any atom is -0.341 e. The zero-order chi connectivity index (χ0) is 9.47. The van der Waals surface area contributed by atoms with Crippen molar-refractivity contribution in [3.05, 3.63) is 0 Å². The first-order chi connectivity index (χ1) is 6.12. The molecule has 1 saturated carbocycles. The molecule has 1 saturated heterocycles. The Morgan fingerprint density at radius 1 is 1.54 bits per heavy atom. The van der Waals surface area contributed by atoms with Crippen molar-refractivity contribution in [3.8, 4) is 0 Å². The SMILES string of the molecule is CC1(C(=O)N2CC[C@@H](N)C2)CCC1. The zero-order valence-electron chi connectivity index (χ0n) is 8.25. The molecule has 3 nitrogen and oxygen atoms in total. The molecule has 0 aromatic rings. The third-order valence-electron chi connectivity index (χ3n) is 3.49. The van der Waals surface area contributed by atoms with E-state index in [4.69, 9.17) is 5.73 Å². The van der Waals surface area contributed by atoms with Gasteiger partial charge in [-0.3, -0.25) is 4.79 Å². The average molecular weight is 182 g/mol. The van der Waals surface area contributed by atoms with E-state index < -0.39 is 0 Å². The van der Waals surface area contributed by atoms with Gasteiger partial charge >= 0.3 is 0 Å². The van der Waals surface area contributed by atoms with Gasteiger partial charge in [-0.1, -0.05) is 13.3 Å². The van der Waals surface area contributed by atoms with E-state index in [0.717, 1.165) is 32.4 Å². The summed E-state index contributed by atoms with van der Waals surface area (Å²) in [5, 5.41) is 0. The van der Waals surface area contributed by atoms with Crippen LogP contribution in [0.15, 0.2) is 0 Å². The zero-order valence-corrected chi connectivity index (χ0v) is 8.25. The minimum atomic E-state index is -0.0376. The van der Waals surface area contributed by atoms with Gasteiger partial charge in [0.25, 0.3) is 0 Å². The maximum atomic E-state index is 12.0. The van der Waals surface area contributed by atoms with Gasteiger partial charge in [-0.05, 0) is 19.3 Å². The number of hydrogen-bond donors (Lipinski definition) is 1. The summed E-state index contributed by atoms with van der Waals surface area (Å²) in [6, 6.07) is 0.215. The molecule has 3 heteroatoms. The second-order valence-corrected chi connectivity index (χ2v) is 4.71. The second-order valence-electron chi connectivity index (χ2n) is 4.71. The minimum absolute atomic E-state index is 0.0376. The molecular formula is C10H18N2O. The maximum Gasteiger partial charge on any atom is 0.228 e. The second kappa shape index (κ2) is 2.98. The molecule has 1 aliphatic carbocycles. The highest BCUT2D eigenvalue weighted by Gasteiger charge is 2.42. The number of carbonyl (C=O) groups excluding carboxylic acids is 1. The first kappa shape index (κ1) is 9.00. The Morgan fingerprint density at radius 3 is 2.62 bits per heavy atom. The Balaban J connectivity index is 1.97. The van der Waals surface area contributed by atoms with Crippen LogP contribution < -0.4 is 5.73 Å². The Hall–Kier alpha value is -0.570. The largest absolute Gasteiger partial charge is 0.341 e. The van der Waals surface area contributed by atoms with Crippen LogP contribution in [-0.4, -0.2) is 29.9 Å². The van der Waals surface area contributed by atoms with Crippen LogP contribution in [0.3, 0.4) is 0 Å². The van der Waals surface area contributed by atoms with Crippen molar-refractivity contribution in [2.24, 2.45) is 11.1 Å². The van der Waals surface area contributed by atoms with E-state index in [9.17, 15) is 4.79 Å². The van der Waals surface area contributed by atoms with Gasteiger partial charge in [0.1, 0.15) is 0 Å². The fourth-order valence-corrected chi connectivity index (χ4v) is 2.27. The van der Waals surface area contributed by atoms with E-state index >= 15 is 0 Å². The monoisotopic (exact) mass is 182 g/mol. The molecule has 1 amide bonds. The highest BCUT2D eigenvalue weighted by atomic mass is 16.2. The fourth-order valence-electron chi connectivity index (χ4n) is 2.27. The lowest BCUT2D eigenvalue weighted by Crippen LogP contribution is -2.45. The van der Waals surface area contributed by atoms with Crippen LogP contribution in [0.2, 0.25) is 0 Å². The lowest BCUT2D eigenvalue weighted by atomic mass is 9.69. The van der Waals surface area contributed by atoms with E-state index in [1.807, 2.05) is 4.90 Å². The van der Waals surface area contributed by atoms with Crippen molar-refractivity contribution < 1.29 is 4.79 Å². The molecule has 74 valence electrons. The molecule has 2 N–H and O–H groups in total. The van der Waals surface area contributed by atoms with Gasteiger partial charge in [-0.25, -0.2) is 0 Å². The Bertz CT molecular complexity index is 223. The van der Waals surface area contributed by atoms with Crippen LogP contribution >= 0.6 is 0 Å². The highest BCUT2D eigenvalue weighted by molar-refractivity contribution is 5.83. The molecule has 2 aliphatic rings. The molecule has 1 aliphatic heterocycles. The fraction of sp³-hybridized carbons (Fsp3) is 0.900. The molecular weight excluding hydrogens is 164 g/mol. The number of nitrogens with two attached hydrogens (primary N) is 1. The van der Waals surface area contributed by atoms with Gasteiger partial charge in [-0.15, -0.1) is 0 Å². The van der Waals surface area contributed by atoms with E-state index in [-0.39, 0.29) is 11.5 Å². The van der Waals surface area contributed by atoms with Gasteiger partial charge < -0.3 is 10.6 Å². The summed E-state index contributed by atoms with van der Waals surface area (Å²) in [6.07, 6.45) is 4.32. The normalized spacial score (nSPS) is 31.5. The molecule has 0 radical (unpaired) electrons. The average Bonchev–Trinajstić information content (AvgIpc) is 2.46. The molecule has 0 aromatic carbocycles. The lowest BCUT2D eigenvalue weighted by molar-refractivity contribution is -0.144. The summed E-state index contributed by atoms with van der Waals surface area (Å²) < 4.78 is 0. The van der Waals surface area contributed by atoms with Gasteiger partial charge in [0.2, 0.25) is 5.91 Å². The number of rotatable bonds is 1. The first-order valence-corrected chi connectivity index (χ1v) is 5.17. The summed E-state index contributed by atoms with van der Waals surface area (Å²) >= 11 is 0. The predicted molar refractivity (Wildman–Crippen MR) is 51.1 cm³/mol. The van der Waals surface area contributed by atoms with Gasteiger partial charge in [-0.2, -0.15) is 0 Å². The quantitative estimate of drug-likeness (QED) is 0.650. The van der Waals surface area contributed by atoms with Crippen molar-refractivity contribution in [1.82, 2.24) is 4.90 Å². The summed E-state index contributed by atoms with van der Waals surface area (Å²) in [6.45, 7) is 3.73. The first-order valence-electron chi connectivity index (χ1n) is 5.17. The van der Waals surface area contributed by atoms with E-state index in [0.29, 0.717) is 5.91 Å². The highest BCUT2D eigenvalue weighted by Crippen LogP contribution is 2.42. The summed E-state index contributed by atoms with van der Waals surface area (Å²) in [4.78, 5) is 13.9. The Kier molecular flexibility index (Phi) is 2.06. The summed E-state index contributed by atoms with van der Waals surface area (Å²) in [5.41, 5.74) is 5.73. The van der Waals surface area contributed by atoms with E-state index in [1.54, 1.807) is 0 Å². The number of nitrogens with zero attached hydrogens (tertiary/aromatic N) is 1. The molecule has 1 heterocycles. The maximum absolute atomic E-state index is 12.0. The van der Waals surface area contributed by atoms with Gasteiger partial charge in [0.05, 0.1) is 0 Å². The van der Waals surface area contributed by atoms with Crippen LogP contribution in [0.4, 0.5) is 0 Å². The Labute approximate surface area is 79.3 Å². The summed E-state index contributed by atoms with van der Waals surface area (Å²) in [5.74, 6) is 0.340. The van der Waals surface area contributed by atoms with Crippen LogP contribution in [0.1, 0.15) is 32.6 Å². The van der Waals surface area contributed by atoms with E-state index in [2.05, 4.69) is 6.92 Å². The van der Waals surface area contributed by atoms with Gasteiger partial charge in [0, 0.05) is 24.5 Å². The summed E-state index contributed by atoms with van der Waals surface area (Å²) in [7, 11) is 0. The van der Waals surface area contributed by atoms with Crippen LogP contribution in [0.5, 0.6) is 0 Å². The Morgan fingerprint density at radius 2 is 2.23 bits per heavy atom. The molecule has 0 spiro atoms. The molecule has 0 bridgehead atoms. The standard InChI is InChI=1S/C10H18N2O/c1-10(4-2-5-10)9(13)12-6-3-8(11)7-12/h8H,2-7,11H2,1H3/t8-/m1/s1. The molecule has 2 fully saturated rings. The van der Waals surface area contributed by atoms with Crippen molar-refractivity contribution in [2.45, 2.75) is 38.6 Å². The van der Waals surface area contributed by atoms with Crippen LogP contribution in [0.25, 0.3) is 0 Å². The van der Waals surface area contributed by atoms with Crippen molar-refractivity contribution >= 4 is 5.91 Å². The predicted octanol–water partition coefficient (Wildman–Crippen LogP) is 0.736. The number of hydrogen-bond acceptors (Lipinski definition) is 2. The number of likely N-dealkylation sites (tertiary alicyclic amines) is 1. The van der Waals surface area contributed by atoms with Crippen molar-refractivity contribution in [2.75, 3.05) is 13.1 Å². The number of carbonyl (C=O) groups is 1. The van der Waals surface area contributed by atoms with Crippen LogP contribution in [0, 0.1) is 5.41 Å². The third-order valence-corrected chi connectivity index (χ3v) is 3.49. The molecule has 1 atom stereocenters. The smallest absolute Gasteiger partial charge is 0.228 e. The number of amides is 1. The molecule has 2 rings (SSSR count). The van der Waals surface area contributed by atoms with Crippen LogP contribution in [-0.2, 0) is 4.79 Å². The molecule has 13 heavy (non-hydrogen) atoms. The lowest BCUT2D eigenvalue weighted by Gasteiger charge is -2.39. The van der Waals surface area contributed by atoms with Crippen molar-refractivity contribution in [3.63, 3.8) is 0 Å². The van der Waals surface area contributed by atoms with Crippen molar-refractivity contribution in [1.29, 1.82) is 0 Å². The third kappa shape index (κ3) is 1.46. The van der Waals surface area contributed by atoms with Gasteiger partial charge in [0.15, 0.2) is 0 Å². The van der Waals surface area contributed by atoms with E-state index in [1.165, 1.54) is 6.42 Å². The molecule has 0 unspecified atom stereocenters. The topological polar surface area (TPSA) is 46.3 Å². The molecule has 0 aromatic heterocycles.